The number of hydrogen-bond acceptors (Lipinski definition) is 9. The number of hydrogen-bond donors (Lipinski definition) is 0. The number of aryl methyl sites for hydroxylation is 2. The summed E-state index contributed by atoms with van der Waals surface area (Å²) in [6, 6.07) is 5.23. The van der Waals surface area contributed by atoms with E-state index in [0.717, 1.165) is 35.8 Å². The maximum atomic E-state index is 13.3. The van der Waals surface area contributed by atoms with Crippen LogP contribution in [0.1, 0.15) is 33.1 Å². The molecule has 1 amide bonds. The molecular formula is C23H24N6O3S2. The van der Waals surface area contributed by atoms with Crippen LogP contribution in [0, 0.1) is 13.8 Å². The van der Waals surface area contributed by atoms with E-state index in [1.54, 1.807) is 28.9 Å². The fourth-order valence-corrected chi connectivity index (χ4v) is 5.87. The summed E-state index contributed by atoms with van der Waals surface area (Å²) < 4.78 is 6.80. The van der Waals surface area contributed by atoms with Crippen molar-refractivity contribution in [2.45, 2.75) is 31.2 Å². The first-order valence-electron chi connectivity index (χ1n) is 11.0. The Labute approximate surface area is 204 Å². The number of thioether (sulfide) groups is 1. The van der Waals surface area contributed by atoms with Crippen LogP contribution in [-0.2, 0) is 12.3 Å². The van der Waals surface area contributed by atoms with Gasteiger partial charge in [-0.1, -0.05) is 5.16 Å². The number of rotatable bonds is 6. The number of piperazine rings is 1. The second kappa shape index (κ2) is 9.69. The molecule has 1 fully saturated rings. The Morgan fingerprint density at radius 3 is 2.82 bits per heavy atom. The van der Waals surface area contributed by atoms with Gasteiger partial charge in [-0.05, 0) is 26.0 Å². The Hall–Kier alpha value is -3.02. The minimum absolute atomic E-state index is 0.00890. The Kier molecular flexibility index (Phi) is 6.48. The Balaban J connectivity index is 1.22. The number of thiazole rings is 1. The third-order valence-corrected chi connectivity index (χ3v) is 7.73. The van der Waals surface area contributed by atoms with Crippen molar-refractivity contribution in [3.05, 3.63) is 74.6 Å². The number of fused-ring (bicyclic) bond motifs is 1. The summed E-state index contributed by atoms with van der Waals surface area (Å²) in [5.41, 5.74) is 3.22. The molecule has 0 aliphatic carbocycles. The van der Waals surface area contributed by atoms with Crippen LogP contribution in [0.4, 0.5) is 0 Å². The molecule has 1 aliphatic heterocycles. The van der Waals surface area contributed by atoms with Gasteiger partial charge in [0.05, 0.1) is 17.0 Å². The number of pyridine rings is 1. The minimum atomic E-state index is -0.0618. The molecule has 176 valence electrons. The van der Waals surface area contributed by atoms with Crippen molar-refractivity contribution in [2.24, 2.45) is 0 Å². The molecule has 0 radical (unpaired) electrons. The van der Waals surface area contributed by atoms with Gasteiger partial charge in [-0.15, -0.1) is 23.1 Å². The van der Waals surface area contributed by atoms with Crippen molar-refractivity contribution in [1.29, 1.82) is 0 Å². The molecule has 0 saturated carbocycles. The van der Waals surface area contributed by atoms with Crippen LogP contribution in [-0.4, -0.2) is 61.4 Å². The average Bonchev–Trinajstić information content (AvgIpc) is 3.44. The molecule has 5 rings (SSSR count). The highest BCUT2D eigenvalue weighted by Crippen LogP contribution is 2.28. The first-order chi connectivity index (χ1) is 16.5. The predicted octanol–water partition coefficient (Wildman–Crippen LogP) is 3.01. The standard InChI is InChI=1S/C23H24N6O3S2/c1-15-19(16(2)32-26-15)14-34-21-18(4-3-5-24-21)22(31)28-8-6-27(7-9-28)13-17-12-20(30)29-10-11-33-23(29)25-17/h3-5,10-12H,6-9,13-14H2,1-2H3. The van der Waals surface area contributed by atoms with Crippen molar-refractivity contribution < 1.29 is 9.32 Å². The molecule has 0 N–H and O–H groups in total. The third kappa shape index (κ3) is 4.63. The zero-order valence-electron chi connectivity index (χ0n) is 18.9. The summed E-state index contributed by atoms with van der Waals surface area (Å²) in [6.45, 7) is 7.07. The summed E-state index contributed by atoms with van der Waals surface area (Å²) >= 11 is 2.97. The highest BCUT2D eigenvalue weighted by atomic mass is 32.2. The SMILES string of the molecule is Cc1noc(C)c1CSc1ncccc1C(=O)N1CCN(Cc2cc(=O)n3ccsc3n2)CC1. The van der Waals surface area contributed by atoms with Crippen molar-refractivity contribution in [3.63, 3.8) is 0 Å². The maximum absolute atomic E-state index is 13.3. The fourth-order valence-electron chi connectivity index (χ4n) is 3.99. The number of carbonyl (C=O) groups excluding carboxylic acids is 1. The second-order valence-electron chi connectivity index (χ2n) is 8.16. The zero-order valence-corrected chi connectivity index (χ0v) is 20.6. The van der Waals surface area contributed by atoms with Gasteiger partial charge in [0.25, 0.3) is 11.5 Å². The molecule has 11 heteroatoms. The molecule has 0 aromatic carbocycles. The van der Waals surface area contributed by atoms with Gasteiger partial charge in [-0.25, -0.2) is 9.97 Å². The molecule has 0 unspecified atom stereocenters. The van der Waals surface area contributed by atoms with Gasteiger partial charge >= 0.3 is 0 Å². The molecule has 1 aliphatic rings. The van der Waals surface area contributed by atoms with E-state index in [9.17, 15) is 9.59 Å². The molecule has 4 aromatic rings. The predicted molar refractivity (Wildman–Crippen MR) is 130 cm³/mol. The lowest BCUT2D eigenvalue weighted by Gasteiger charge is -2.34. The van der Waals surface area contributed by atoms with Crippen LogP contribution in [0.5, 0.6) is 0 Å². The molecule has 9 nitrogen and oxygen atoms in total. The van der Waals surface area contributed by atoms with Gasteiger partial charge in [0.15, 0.2) is 4.96 Å². The second-order valence-corrected chi connectivity index (χ2v) is 9.99. The molecule has 0 bridgehead atoms. The molecule has 4 aromatic heterocycles. The van der Waals surface area contributed by atoms with Crippen LogP contribution >= 0.6 is 23.1 Å². The van der Waals surface area contributed by atoms with E-state index in [1.807, 2.05) is 30.2 Å². The van der Waals surface area contributed by atoms with Crippen molar-refractivity contribution in [1.82, 2.24) is 29.3 Å². The Morgan fingerprint density at radius 1 is 1.24 bits per heavy atom. The highest BCUT2D eigenvalue weighted by Gasteiger charge is 2.25. The summed E-state index contributed by atoms with van der Waals surface area (Å²) in [5, 5.41) is 6.57. The van der Waals surface area contributed by atoms with E-state index in [1.165, 1.54) is 23.1 Å². The lowest BCUT2D eigenvalue weighted by atomic mass is 10.2. The van der Waals surface area contributed by atoms with Crippen molar-refractivity contribution >= 4 is 34.0 Å². The van der Waals surface area contributed by atoms with Gasteiger partial charge in [-0.3, -0.25) is 18.9 Å². The largest absolute Gasteiger partial charge is 0.361 e. The monoisotopic (exact) mass is 496 g/mol. The minimum Gasteiger partial charge on any atom is -0.361 e. The zero-order chi connectivity index (χ0) is 23.7. The van der Waals surface area contributed by atoms with E-state index in [2.05, 4.69) is 20.0 Å². The first kappa shape index (κ1) is 22.8. The molecule has 1 saturated heterocycles. The van der Waals surface area contributed by atoms with Crippen molar-refractivity contribution in [3.8, 4) is 0 Å². The highest BCUT2D eigenvalue weighted by molar-refractivity contribution is 7.98. The number of amides is 1. The quantitative estimate of drug-likeness (QED) is 0.376. The van der Waals surface area contributed by atoms with Crippen LogP contribution in [0.3, 0.4) is 0 Å². The third-order valence-electron chi connectivity index (χ3n) is 5.94. The van der Waals surface area contributed by atoms with Gasteiger partial charge in [0, 0.05) is 67.9 Å². The van der Waals surface area contributed by atoms with Crippen LogP contribution in [0.25, 0.3) is 4.96 Å². The molecule has 34 heavy (non-hydrogen) atoms. The maximum Gasteiger partial charge on any atom is 0.258 e. The van der Waals surface area contributed by atoms with Gasteiger partial charge in [0.2, 0.25) is 0 Å². The number of aromatic nitrogens is 4. The van der Waals surface area contributed by atoms with Crippen LogP contribution in [0.15, 0.2) is 50.3 Å². The summed E-state index contributed by atoms with van der Waals surface area (Å²) in [6.07, 6.45) is 3.45. The van der Waals surface area contributed by atoms with Crippen LogP contribution < -0.4 is 5.56 Å². The van der Waals surface area contributed by atoms with E-state index in [4.69, 9.17) is 4.52 Å². The van der Waals surface area contributed by atoms with E-state index in [-0.39, 0.29) is 11.5 Å². The van der Waals surface area contributed by atoms with Gasteiger partial charge in [0.1, 0.15) is 10.8 Å². The normalized spacial score (nSPS) is 14.7. The van der Waals surface area contributed by atoms with Crippen molar-refractivity contribution in [2.75, 3.05) is 26.2 Å². The fraction of sp³-hybridized carbons (Fsp3) is 0.348. The Morgan fingerprint density at radius 2 is 2.06 bits per heavy atom. The van der Waals surface area contributed by atoms with Gasteiger partial charge < -0.3 is 9.42 Å². The topological polar surface area (TPSA) is 96.8 Å². The Bertz CT molecular complexity index is 1370. The summed E-state index contributed by atoms with van der Waals surface area (Å²) in [5.74, 6) is 1.43. The summed E-state index contributed by atoms with van der Waals surface area (Å²) in [4.78, 5) is 39.4. The van der Waals surface area contributed by atoms with Gasteiger partial charge in [-0.2, -0.15) is 0 Å². The van der Waals surface area contributed by atoms with E-state index >= 15 is 0 Å². The lowest BCUT2D eigenvalue weighted by Crippen LogP contribution is -2.48. The summed E-state index contributed by atoms with van der Waals surface area (Å²) in [7, 11) is 0. The average molecular weight is 497 g/mol. The van der Waals surface area contributed by atoms with E-state index in [0.29, 0.717) is 40.9 Å². The first-order valence-corrected chi connectivity index (χ1v) is 12.8. The molecule has 0 spiro atoms. The van der Waals surface area contributed by atoms with E-state index < -0.39 is 0 Å². The smallest absolute Gasteiger partial charge is 0.258 e. The molecule has 5 heterocycles. The van der Waals surface area contributed by atoms with Crippen LogP contribution in [0.2, 0.25) is 0 Å². The lowest BCUT2D eigenvalue weighted by molar-refractivity contribution is 0.0623. The molecular weight excluding hydrogens is 472 g/mol. The number of carbonyl (C=O) groups is 1. The number of nitrogens with zero attached hydrogens (tertiary/aromatic N) is 6. The molecule has 0 atom stereocenters.